The van der Waals surface area contributed by atoms with Crippen molar-refractivity contribution in [2.75, 3.05) is 31.1 Å². The molecule has 3 heterocycles. The molecule has 0 aliphatic carbocycles. The number of piperazine rings is 1. The van der Waals surface area contributed by atoms with E-state index in [1.54, 1.807) is 10.6 Å². The molecule has 6 nitrogen and oxygen atoms in total. The van der Waals surface area contributed by atoms with Crippen molar-refractivity contribution in [1.29, 1.82) is 0 Å². The normalized spacial score (nSPS) is 14.6. The van der Waals surface area contributed by atoms with E-state index in [-0.39, 0.29) is 5.91 Å². The van der Waals surface area contributed by atoms with Crippen LogP contribution in [-0.2, 0) is 6.54 Å². The highest BCUT2D eigenvalue weighted by Gasteiger charge is 2.12. The van der Waals surface area contributed by atoms with E-state index in [1.165, 1.54) is 5.69 Å². The Bertz CT molecular complexity index is 832. The van der Waals surface area contributed by atoms with Gasteiger partial charge in [-0.1, -0.05) is 18.2 Å². The Morgan fingerprint density at radius 1 is 1.12 bits per heavy atom. The van der Waals surface area contributed by atoms with Crippen molar-refractivity contribution in [3.05, 3.63) is 66.0 Å². The molecule has 1 aliphatic heterocycles. The van der Waals surface area contributed by atoms with E-state index in [0.717, 1.165) is 37.3 Å². The van der Waals surface area contributed by atoms with Gasteiger partial charge in [0.2, 0.25) is 0 Å². The van der Waals surface area contributed by atoms with Gasteiger partial charge >= 0.3 is 0 Å². The number of aromatic nitrogens is 2. The van der Waals surface area contributed by atoms with Crippen molar-refractivity contribution in [2.45, 2.75) is 6.54 Å². The monoisotopic (exact) mass is 335 g/mol. The minimum absolute atomic E-state index is 0.158. The van der Waals surface area contributed by atoms with E-state index in [0.29, 0.717) is 12.2 Å². The number of hydrogen-bond donors (Lipinski definition) is 2. The molecule has 1 saturated heterocycles. The van der Waals surface area contributed by atoms with Crippen LogP contribution in [0.15, 0.2) is 54.7 Å². The molecule has 6 heteroatoms. The summed E-state index contributed by atoms with van der Waals surface area (Å²) >= 11 is 0. The molecule has 2 N–H and O–H groups in total. The third kappa shape index (κ3) is 3.49. The molecule has 4 rings (SSSR count). The molecule has 25 heavy (non-hydrogen) atoms. The fourth-order valence-corrected chi connectivity index (χ4v) is 3.07. The molecule has 0 radical (unpaired) electrons. The molecule has 1 aliphatic rings. The van der Waals surface area contributed by atoms with E-state index < -0.39 is 0 Å². The molecule has 0 unspecified atom stereocenters. The maximum atomic E-state index is 12.3. The minimum Gasteiger partial charge on any atom is -0.369 e. The average molecular weight is 335 g/mol. The Kier molecular flexibility index (Phi) is 4.35. The summed E-state index contributed by atoms with van der Waals surface area (Å²) in [4.78, 5) is 14.7. The van der Waals surface area contributed by atoms with Crippen LogP contribution in [-0.4, -0.2) is 41.7 Å². The quantitative estimate of drug-likeness (QED) is 0.761. The number of anilines is 1. The Morgan fingerprint density at radius 3 is 2.68 bits per heavy atom. The highest BCUT2D eigenvalue weighted by Crippen LogP contribution is 2.16. The first kappa shape index (κ1) is 15.7. The van der Waals surface area contributed by atoms with Crippen molar-refractivity contribution in [3.8, 4) is 0 Å². The van der Waals surface area contributed by atoms with Crippen LogP contribution in [0.2, 0.25) is 0 Å². The van der Waals surface area contributed by atoms with E-state index in [4.69, 9.17) is 0 Å². The number of rotatable bonds is 4. The van der Waals surface area contributed by atoms with E-state index >= 15 is 0 Å². The van der Waals surface area contributed by atoms with Crippen LogP contribution in [0.1, 0.15) is 16.1 Å². The van der Waals surface area contributed by atoms with Crippen LogP contribution in [0.3, 0.4) is 0 Å². The van der Waals surface area contributed by atoms with Crippen LogP contribution in [0, 0.1) is 0 Å². The SMILES string of the molecule is O=C(NCc1ccc(N2CCNCC2)cc1)c1cc2ccccn2n1. The van der Waals surface area contributed by atoms with Crippen LogP contribution in [0.25, 0.3) is 5.52 Å². The van der Waals surface area contributed by atoms with Crippen LogP contribution >= 0.6 is 0 Å². The minimum atomic E-state index is -0.158. The van der Waals surface area contributed by atoms with Crippen molar-refractivity contribution >= 4 is 17.1 Å². The number of pyridine rings is 1. The highest BCUT2D eigenvalue weighted by molar-refractivity contribution is 5.93. The number of nitrogens with one attached hydrogen (secondary N) is 2. The Morgan fingerprint density at radius 2 is 1.92 bits per heavy atom. The maximum absolute atomic E-state index is 12.3. The van der Waals surface area contributed by atoms with Gasteiger partial charge in [-0.05, 0) is 35.9 Å². The maximum Gasteiger partial charge on any atom is 0.272 e. The van der Waals surface area contributed by atoms with Crippen LogP contribution in [0.4, 0.5) is 5.69 Å². The van der Waals surface area contributed by atoms with Gasteiger partial charge in [0.25, 0.3) is 5.91 Å². The summed E-state index contributed by atoms with van der Waals surface area (Å²) in [6, 6.07) is 15.9. The zero-order valence-electron chi connectivity index (χ0n) is 14.0. The predicted octanol–water partition coefficient (Wildman–Crippen LogP) is 1.67. The zero-order chi connectivity index (χ0) is 17.1. The molecule has 3 aromatic rings. The molecule has 0 atom stereocenters. The number of carbonyl (C=O) groups excluding carboxylic acids is 1. The Hall–Kier alpha value is -2.86. The molecule has 1 aromatic carbocycles. The largest absolute Gasteiger partial charge is 0.369 e. The lowest BCUT2D eigenvalue weighted by atomic mass is 10.2. The van der Waals surface area contributed by atoms with Gasteiger partial charge in [0, 0.05) is 44.6 Å². The summed E-state index contributed by atoms with van der Waals surface area (Å²) in [6.45, 7) is 4.61. The first-order valence-corrected chi connectivity index (χ1v) is 8.57. The lowest BCUT2D eigenvalue weighted by molar-refractivity contribution is 0.0945. The molecule has 0 spiro atoms. The summed E-state index contributed by atoms with van der Waals surface area (Å²) < 4.78 is 1.71. The standard InChI is InChI=1S/C19H21N5O/c25-19(18-13-17-3-1-2-10-24(17)22-18)21-14-15-4-6-16(7-5-15)23-11-8-20-9-12-23/h1-7,10,13,20H,8-9,11-12,14H2,(H,21,25). The number of benzene rings is 1. The average Bonchev–Trinajstić information content (AvgIpc) is 3.11. The third-order valence-corrected chi connectivity index (χ3v) is 4.47. The smallest absolute Gasteiger partial charge is 0.272 e. The van der Waals surface area contributed by atoms with Crippen LogP contribution < -0.4 is 15.5 Å². The van der Waals surface area contributed by atoms with Crippen LogP contribution in [0.5, 0.6) is 0 Å². The first-order chi connectivity index (χ1) is 12.3. The number of amides is 1. The molecular weight excluding hydrogens is 314 g/mol. The topological polar surface area (TPSA) is 61.7 Å². The number of hydrogen-bond acceptors (Lipinski definition) is 4. The summed E-state index contributed by atoms with van der Waals surface area (Å²) in [7, 11) is 0. The second-order valence-corrected chi connectivity index (χ2v) is 6.19. The van der Waals surface area contributed by atoms with Gasteiger partial charge in [0.1, 0.15) is 0 Å². The van der Waals surface area contributed by atoms with Gasteiger partial charge in [-0.15, -0.1) is 0 Å². The van der Waals surface area contributed by atoms with Gasteiger partial charge in [0.05, 0.1) is 5.52 Å². The van der Waals surface area contributed by atoms with Gasteiger partial charge in [-0.25, -0.2) is 4.52 Å². The van der Waals surface area contributed by atoms with Crippen molar-refractivity contribution in [1.82, 2.24) is 20.2 Å². The summed E-state index contributed by atoms with van der Waals surface area (Å²) in [5, 5.41) is 10.6. The lowest BCUT2D eigenvalue weighted by Gasteiger charge is -2.29. The fraction of sp³-hybridized carbons (Fsp3) is 0.263. The van der Waals surface area contributed by atoms with Gasteiger partial charge in [0.15, 0.2) is 5.69 Å². The summed E-state index contributed by atoms with van der Waals surface area (Å²) in [5.74, 6) is -0.158. The Labute approximate surface area is 146 Å². The molecular formula is C19H21N5O. The van der Waals surface area contributed by atoms with Gasteiger partial charge in [-0.2, -0.15) is 5.10 Å². The zero-order valence-corrected chi connectivity index (χ0v) is 14.0. The van der Waals surface area contributed by atoms with Gasteiger partial charge < -0.3 is 15.5 Å². The van der Waals surface area contributed by atoms with Crippen molar-refractivity contribution in [2.24, 2.45) is 0 Å². The molecule has 128 valence electrons. The van der Waals surface area contributed by atoms with Gasteiger partial charge in [-0.3, -0.25) is 4.79 Å². The summed E-state index contributed by atoms with van der Waals surface area (Å²) in [5.41, 5.74) is 3.66. The Balaban J connectivity index is 1.38. The van der Waals surface area contributed by atoms with E-state index in [9.17, 15) is 4.79 Å². The molecule has 1 amide bonds. The second-order valence-electron chi connectivity index (χ2n) is 6.19. The number of carbonyl (C=O) groups is 1. The molecule has 0 bridgehead atoms. The van der Waals surface area contributed by atoms with E-state index in [1.807, 2.05) is 24.4 Å². The van der Waals surface area contributed by atoms with Crippen molar-refractivity contribution < 1.29 is 4.79 Å². The number of nitrogens with zero attached hydrogens (tertiary/aromatic N) is 3. The van der Waals surface area contributed by atoms with E-state index in [2.05, 4.69) is 44.9 Å². The lowest BCUT2D eigenvalue weighted by Crippen LogP contribution is -2.43. The molecule has 0 saturated carbocycles. The fourth-order valence-electron chi connectivity index (χ4n) is 3.07. The highest BCUT2D eigenvalue weighted by atomic mass is 16.1. The second kappa shape index (κ2) is 6.94. The van der Waals surface area contributed by atoms with Crippen molar-refractivity contribution in [3.63, 3.8) is 0 Å². The predicted molar refractivity (Wildman–Crippen MR) is 97.9 cm³/mol. The first-order valence-electron chi connectivity index (χ1n) is 8.57. The summed E-state index contributed by atoms with van der Waals surface area (Å²) in [6.07, 6.45) is 1.83. The molecule has 1 fully saturated rings. The molecule has 2 aromatic heterocycles. The third-order valence-electron chi connectivity index (χ3n) is 4.47. The number of fused-ring (bicyclic) bond motifs is 1.